The molecule has 0 aliphatic carbocycles. The van der Waals surface area contributed by atoms with Crippen molar-refractivity contribution in [2.24, 2.45) is 0 Å². The van der Waals surface area contributed by atoms with Gasteiger partial charge in [-0.1, -0.05) is 6.07 Å². The highest BCUT2D eigenvalue weighted by molar-refractivity contribution is 7.08. The molecule has 0 fully saturated rings. The van der Waals surface area contributed by atoms with Crippen molar-refractivity contribution in [3.05, 3.63) is 46.7 Å². The molecule has 4 nitrogen and oxygen atoms in total. The molecule has 1 aromatic heterocycles. The van der Waals surface area contributed by atoms with Crippen LogP contribution in [0.15, 0.2) is 41.1 Å². The zero-order valence-electron chi connectivity index (χ0n) is 9.63. The second-order valence-corrected chi connectivity index (χ2v) is 4.40. The summed E-state index contributed by atoms with van der Waals surface area (Å²) in [4.78, 5) is 10.8. The molecule has 0 atom stereocenters. The Morgan fingerprint density at radius 3 is 3.00 bits per heavy atom. The van der Waals surface area contributed by atoms with Gasteiger partial charge in [-0.3, -0.25) is 0 Å². The Morgan fingerprint density at radius 2 is 2.28 bits per heavy atom. The lowest BCUT2D eigenvalue weighted by Gasteiger charge is -2.07. The maximum atomic E-state index is 10.8. The second-order valence-electron chi connectivity index (χ2n) is 3.62. The molecule has 0 aliphatic heterocycles. The number of nitrogens with one attached hydrogen (secondary N) is 1. The largest absolute Gasteiger partial charge is 0.492 e. The van der Waals surface area contributed by atoms with E-state index >= 15 is 0 Å². The zero-order valence-corrected chi connectivity index (χ0v) is 10.4. The fourth-order valence-electron chi connectivity index (χ4n) is 1.45. The van der Waals surface area contributed by atoms with E-state index in [1.54, 1.807) is 29.5 Å². The van der Waals surface area contributed by atoms with Crippen LogP contribution in [0.25, 0.3) is 0 Å². The van der Waals surface area contributed by atoms with E-state index in [1.807, 2.05) is 16.8 Å². The smallest absolute Gasteiger partial charge is 0.335 e. The van der Waals surface area contributed by atoms with Crippen LogP contribution >= 0.6 is 11.3 Å². The Labute approximate surface area is 109 Å². The average molecular weight is 263 g/mol. The quantitative estimate of drug-likeness (QED) is 0.787. The van der Waals surface area contributed by atoms with Crippen LogP contribution in [0.3, 0.4) is 0 Å². The van der Waals surface area contributed by atoms with Crippen LogP contribution in [-0.2, 0) is 0 Å². The first-order valence-electron chi connectivity index (χ1n) is 5.48. The van der Waals surface area contributed by atoms with Crippen LogP contribution < -0.4 is 10.1 Å². The third-order valence-corrected chi connectivity index (χ3v) is 2.99. The van der Waals surface area contributed by atoms with E-state index in [2.05, 4.69) is 5.32 Å². The first-order valence-corrected chi connectivity index (χ1v) is 6.42. The van der Waals surface area contributed by atoms with Crippen LogP contribution in [0.2, 0.25) is 0 Å². The molecular weight excluding hydrogens is 250 g/mol. The number of aromatic carboxylic acids is 1. The van der Waals surface area contributed by atoms with E-state index in [-0.39, 0.29) is 5.56 Å². The summed E-state index contributed by atoms with van der Waals surface area (Å²) in [5.74, 6) is -0.376. The van der Waals surface area contributed by atoms with Gasteiger partial charge in [0.2, 0.25) is 0 Å². The minimum atomic E-state index is -0.947. The summed E-state index contributed by atoms with van der Waals surface area (Å²) in [7, 11) is 0. The lowest BCUT2D eigenvalue weighted by molar-refractivity contribution is 0.0696. The summed E-state index contributed by atoms with van der Waals surface area (Å²) in [5, 5.41) is 16.1. The Kier molecular flexibility index (Phi) is 4.20. The van der Waals surface area contributed by atoms with Crippen LogP contribution in [-0.4, -0.2) is 24.2 Å². The molecule has 18 heavy (non-hydrogen) atoms. The number of carboxylic acids is 1. The van der Waals surface area contributed by atoms with Crippen LogP contribution in [0.1, 0.15) is 10.4 Å². The number of rotatable bonds is 6. The van der Waals surface area contributed by atoms with Crippen LogP contribution in [0.5, 0.6) is 5.75 Å². The third kappa shape index (κ3) is 3.49. The van der Waals surface area contributed by atoms with E-state index in [1.165, 1.54) is 6.07 Å². The van der Waals surface area contributed by atoms with Gasteiger partial charge in [0.05, 0.1) is 5.56 Å². The number of hydrogen-bond acceptors (Lipinski definition) is 4. The Balaban J connectivity index is 1.79. The second kappa shape index (κ2) is 6.07. The fourth-order valence-corrected chi connectivity index (χ4v) is 2.06. The predicted octanol–water partition coefficient (Wildman–Crippen LogP) is 2.94. The van der Waals surface area contributed by atoms with Crippen molar-refractivity contribution in [3.8, 4) is 5.75 Å². The lowest BCUT2D eigenvalue weighted by atomic mass is 10.2. The van der Waals surface area contributed by atoms with E-state index in [4.69, 9.17) is 9.84 Å². The summed E-state index contributed by atoms with van der Waals surface area (Å²) < 4.78 is 5.47. The molecular formula is C13H13NO3S. The topological polar surface area (TPSA) is 58.6 Å². The number of carbonyl (C=O) groups is 1. The summed E-state index contributed by atoms with van der Waals surface area (Å²) in [5.41, 5.74) is 1.31. The van der Waals surface area contributed by atoms with Gasteiger partial charge in [-0.05, 0) is 29.6 Å². The number of hydrogen-bond donors (Lipinski definition) is 2. The van der Waals surface area contributed by atoms with Crippen LogP contribution in [0, 0.1) is 0 Å². The minimum Gasteiger partial charge on any atom is -0.492 e. The highest BCUT2D eigenvalue weighted by Gasteiger charge is 2.03. The van der Waals surface area contributed by atoms with Gasteiger partial charge in [-0.2, -0.15) is 11.3 Å². The maximum Gasteiger partial charge on any atom is 0.335 e. The Hall–Kier alpha value is -2.01. The van der Waals surface area contributed by atoms with Gasteiger partial charge in [0, 0.05) is 17.6 Å². The van der Waals surface area contributed by atoms with Gasteiger partial charge in [-0.15, -0.1) is 0 Å². The van der Waals surface area contributed by atoms with Crippen molar-refractivity contribution in [1.82, 2.24) is 0 Å². The minimum absolute atomic E-state index is 0.235. The monoisotopic (exact) mass is 263 g/mol. The molecule has 0 spiro atoms. The fraction of sp³-hybridized carbons (Fsp3) is 0.154. The predicted molar refractivity (Wildman–Crippen MR) is 71.7 cm³/mol. The molecule has 94 valence electrons. The van der Waals surface area contributed by atoms with Crippen molar-refractivity contribution in [3.63, 3.8) is 0 Å². The van der Waals surface area contributed by atoms with E-state index in [0.29, 0.717) is 18.9 Å². The van der Waals surface area contributed by atoms with Crippen molar-refractivity contribution in [2.75, 3.05) is 18.5 Å². The molecule has 1 heterocycles. The summed E-state index contributed by atoms with van der Waals surface area (Å²) in [6.45, 7) is 1.16. The molecule has 0 saturated carbocycles. The Morgan fingerprint density at radius 1 is 1.39 bits per heavy atom. The molecule has 1 aromatic carbocycles. The van der Waals surface area contributed by atoms with Gasteiger partial charge < -0.3 is 15.2 Å². The number of thiophene rings is 1. The van der Waals surface area contributed by atoms with Gasteiger partial charge >= 0.3 is 5.97 Å². The maximum absolute atomic E-state index is 10.8. The molecule has 2 rings (SSSR count). The van der Waals surface area contributed by atoms with Gasteiger partial charge in [-0.25, -0.2) is 4.79 Å². The van der Waals surface area contributed by atoms with Gasteiger partial charge in [0.1, 0.15) is 12.4 Å². The molecule has 0 unspecified atom stereocenters. The van der Waals surface area contributed by atoms with Crippen molar-refractivity contribution >= 4 is 23.0 Å². The number of benzene rings is 1. The standard InChI is InChI=1S/C13H13NO3S/c15-13(16)10-2-1-3-12(8-10)17-6-5-14-11-4-7-18-9-11/h1-4,7-9,14H,5-6H2,(H,15,16). The van der Waals surface area contributed by atoms with Crippen LogP contribution in [0.4, 0.5) is 5.69 Å². The summed E-state index contributed by atoms with van der Waals surface area (Å²) in [6, 6.07) is 8.48. The van der Waals surface area contributed by atoms with Crippen molar-refractivity contribution < 1.29 is 14.6 Å². The highest BCUT2D eigenvalue weighted by Crippen LogP contribution is 2.14. The molecule has 0 radical (unpaired) electrons. The van der Waals surface area contributed by atoms with Crippen molar-refractivity contribution in [1.29, 1.82) is 0 Å². The normalized spacial score (nSPS) is 10.0. The summed E-state index contributed by atoms with van der Waals surface area (Å²) in [6.07, 6.45) is 0. The number of ether oxygens (including phenoxy) is 1. The molecule has 5 heteroatoms. The highest BCUT2D eigenvalue weighted by atomic mass is 32.1. The molecule has 2 aromatic rings. The molecule has 2 N–H and O–H groups in total. The number of carboxylic acid groups (broad SMARTS) is 1. The lowest BCUT2D eigenvalue weighted by Crippen LogP contribution is -2.11. The van der Waals surface area contributed by atoms with E-state index < -0.39 is 5.97 Å². The third-order valence-electron chi connectivity index (χ3n) is 2.30. The first kappa shape index (κ1) is 12.4. The average Bonchev–Trinajstić information content (AvgIpc) is 2.88. The first-order chi connectivity index (χ1) is 8.75. The summed E-state index contributed by atoms with van der Waals surface area (Å²) >= 11 is 1.63. The Bertz CT molecular complexity index is 511. The van der Waals surface area contributed by atoms with E-state index in [9.17, 15) is 4.79 Å². The molecule has 0 bridgehead atoms. The SMILES string of the molecule is O=C(O)c1cccc(OCCNc2ccsc2)c1. The number of anilines is 1. The van der Waals surface area contributed by atoms with Crippen molar-refractivity contribution in [2.45, 2.75) is 0 Å². The van der Waals surface area contributed by atoms with E-state index in [0.717, 1.165) is 5.69 Å². The molecule has 0 amide bonds. The van der Waals surface area contributed by atoms with Gasteiger partial charge in [0.25, 0.3) is 0 Å². The van der Waals surface area contributed by atoms with Gasteiger partial charge in [0.15, 0.2) is 0 Å². The molecule has 0 saturated heterocycles. The zero-order chi connectivity index (χ0) is 12.8. The molecule has 0 aliphatic rings.